The van der Waals surface area contributed by atoms with Crippen molar-refractivity contribution < 1.29 is 9.59 Å². The van der Waals surface area contributed by atoms with Crippen LogP contribution in [0.15, 0.2) is 0 Å². The fourth-order valence-corrected chi connectivity index (χ4v) is 3.62. The fourth-order valence-electron chi connectivity index (χ4n) is 3.62. The van der Waals surface area contributed by atoms with Gasteiger partial charge in [-0.15, -0.1) is 0 Å². The normalized spacial score (nSPS) is 34.9. The molecule has 1 heterocycles. The summed E-state index contributed by atoms with van der Waals surface area (Å²) in [5.74, 6) is 0.0518. The van der Waals surface area contributed by atoms with Gasteiger partial charge in [0.2, 0.25) is 11.8 Å². The van der Waals surface area contributed by atoms with E-state index in [1.165, 1.54) is 17.7 Å². The maximum Gasteiger partial charge on any atom is 0.247 e. The molecule has 0 aromatic carbocycles. The molecular weight excluding hydrogens is 240 g/mol. The van der Waals surface area contributed by atoms with Crippen LogP contribution < -0.4 is 5.32 Å². The molecule has 2 amide bonds. The van der Waals surface area contributed by atoms with Crippen LogP contribution in [0.1, 0.15) is 58.8 Å². The highest BCUT2D eigenvalue weighted by atomic mass is 16.2. The van der Waals surface area contributed by atoms with Gasteiger partial charge in [-0.25, -0.2) is 0 Å². The predicted octanol–water partition coefficient (Wildman–Crippen LogP) is 1.83. The predicted molar refractivity (Wildman–Crippen MR) is 72.5 cm³/mol. The Labute approximate surface area is 114 Å². The molecule has 1 saturated heterocycles. The number of rotatable bonds is 3. The first-order valence-corrected chi connectivity index (χ1v) is 7.58. The van der Waals surface area contributed by atoms with E-state index in [1.807, 2.05) is 0 Å². The summed E-state index contributed by atoms with van der Waals surface area (Å²) < 4.78 is 0. The molecule has 3 fully saturated rings. The van der Waals surface area contributed by atoms with Gasteiger partial charge in [0.25, 0.3) is 0 Å². The molecule has 0 bridgehead atoms. The van der Waals surface area contributed by atoms with Gasteiger partial charge in [-0.2, -0.15) is 0 Å². The van der Waals surface area contributed by atoms with E-state index >= 15 is 0 Å². The molecule has 19 heavy (non-hydrogen) atoms. The summed E-state index contributed by atoms with van der Waals surface area (Å²) in [5.41, 5.74) is 0.359. The smallest absolute Gasteiger partial charge is 0.247 e. The van der Waals surface area contributed by atoms with Gasteiger partial charge in [-0.05, 0) is 37.5 Å². The lowest BCUT2D eigenvalue weighted by Gasteiger charge is -2.36. The Bertz CT molecular complexity index is 401. The Kier molecular flexibility index (Phi) is 3.16. The molecule has 4 nitrogen and oxygen atoms in total. The van der Waals surface area contributed by atoms with Crippen molar-refractivity contribution in [3.63, 3.8) is 0 Å². The molecule has 1 aliphatic heterocycles. The molecule has 2 saturated carbocycles. The zero-order valence-electron chi connectivity index (χ0n) is 11.9. The molecule has 1 N–H and O–H groups in total. The van der Waals surface area contributed by atoms with Crippen LogP contribution in [0, 0.1) is 5.41 Å². The number of amides is 2. The van der Waals surface area contributed by atoms with E-state index in [0.717, 1.165) is 25.7 Å². The van der Waals surface area contributed by atoms with Gasteiger partial charge in [0, 0.05) is 12.1 Å². The van der Waals surface area contributed by atoms with Crippen LogP contribution in [0.4, 0.5) is 0 Å². The third kappa shape index (κ3) is 2.69. The third-order valence-electron chi connectivity index (χ3n) is 4.74. The minimum atomic E-state index is -0.257. The molecule has 2 aliphatic carbocycles. The van der Waals surface area contributed by atoms with Crippen molar-refractivity contribution >= 4 is 11.8 Å². The monoisotopic (exact) mass is 264 g/mol. The number of nitrogens with zero attached hydrogens (tertiary/aromatic N) is 1. The first-order valence-electron chi connectivity index (χ1n) is 7.58. The molecule has 2 atom stereocenters. The van der Waals surface area contributed by atoms with Crippen LogP contribution in [0.2, 0.25) is 0 Å². The highest BCUT2D eigenvalue weighted by molar-refractivity contribution is 6.06. The molecule has 0 radical (unpaired) electrons. The lowest BCUT2D eigenvalue weighted by atomic mass is 9.75. The van der Waals surface area contributed by atoms with Gasteiger partial charge < -0.3 is 5.32 Å². The Balaban J connectivity index is 1.61. The highest BCUT2D eigenvalue weighted by Crippen LogP contribution is 2.36. The lowest BCUT2D eigenvalue weighted by Crippen LogP contribution is -2.47. The Morgan fingerprint density at radius 2 is 1.95 bits per heavy atom. The molecule has 106 valence electrons. The second-order valence-corrected chi connectivity index (χ2v) is 7.21. The number of hydrogen-bond donors (Lipinski definition) is 1. The van der Waals surface area contributed by atoms with Crippen molar-refractivity contribution in [1.82, 2.24) is 10.2 Å². The van der Waals surface area contributed by atoms with Gasteiger partial charge in [0.05, 0.1) is 12.5 Å². The van der Waals surface area contributed by atoms with Gasteiger partial charge >= 0.3 is 0 Å². The summed E-state index contributed by atoms with van der Waals surface area (Å²) in [7, 11) is 0. The molecule has 0 aromatic rings. The SMILES string of the molecule is CC1(C)CCCC(NC2CC(=O)N(C3CC3)C2=O)C1. The first kappa shape index (κ1) is 13.1. The van der Waals surface area contributed by atoms with Crippen LogP contribution in [0.5, 0.6) is 0 Å². The number of likely N-dealkylation sites (tertiary alicyclic amines) is 1. The van der Waals surface area contributed by atoms with Crippen LogP contribution in [0.3, 0.4) is 0 Å². The number of imide groups is 1. The summed E-state index contributed by atoms with van der Waals surface area (Å²) >= 11 is 0. The average Bonchev–Trinajstić information content (AvgIpc) is 3.07. The molecular formula is C15H24N2O2. The van der Waals surface area contributed by atoms with E-state index < -0.39 is 0 Å². The zero-order valence-corrected chi connectivity index (χ0v) is 11.9. The average molecular weight is 264 g/mol. The minimum absolute atomic E-state index is 0.0240. The van der Waals surface area contributed by atoms with Gasteiger partial charge in [-0.3, -0.25) is 14.5 Å². The summed E-state index contributed by atoms with van der Waals surface area (Å²) in [6, 6.07) is 0.353. The second-order valence-electron chi connectivity index (χ2n) is 7.21. The number of nitrogens with one attached hydrogen (secondary N) is 1. The molecule has 0 spiro atoms. The minimum Gasteiger partial charge on any atom is -0.303 e. The maximum absolute atomic E-state index is 12.3. The van der Waals surface area contributed by atoms with Crippen molar-refractivity contribution in [2.75, 3.05) is 0 Å². The fraction of sp³-hybridized carbons (Fsp3) is 0.867. The van der Waals surface area contributed by atoms with E-state index in [-0.39, 0.29) is 23.9 Å². The largest absolute Gasteiger partial charge is 0.303 e. The standard InChI is InChI=1S/C15H24N2O2/c1-15(2)7-3-4-10(9-15)16-12-8-13(18)17(14(12)19)11-5-6-11/h10-12,16H,3-9H2,1-2H3. The first-order chi connectivity index (χ1) is 8.96. The van der Waals surface area contributed by atoms with Crippen molar-refractivity contribution in [2.24, 2.45) is 5.41 Å². The Morgan fingerprint density at radius 3 is 2.58 bits per heavy atom. The van der Waals surface area contributed by atoms with E-state index in [1.54, 1.807) is 0 Å². The van der Waals surface area contributed by atoms with E-state index in [0.29, 0.717) is 17.9 Å². The summed E-state index contributed by atoms with van der Waals surface area (Å²) in [6.45, 7) is 4.58. The Hall–Kier alpha value is -0.900. The zero-order chi connectivity index (χ0) is 13.6. The maximum atomic E-state index is 12.3. The Morgan fingerprint density at radius 1 is 1.21 bits per heavy atom. The topological polar surface area (TPSA) is 49.4 Å². The van der Waals surface area contributed by atoms with Gasteiger partial charge in [0.1, 0.15) is 0 Å². The molecule has 4 heteroatoms. The van der Waals surface area contributed by atoms with E-state index in [9.17, 15) is 9.59 Å². The highest BCUT2D eigenvalue weighted by Gasteiger charge is 2.46. The van der Waals surface area contributed by atoms with Gasteiger partial charge in [0.15, 0.2) is 0 Å². The molecule has 3 rings (SSSR count). The van der Waals surface area contributed by atoms with Crippen molar-refractivity contribution in [3.05, 3.63) is 0 Å². The quantitative estimate of drug-likeness (QED) is 0.791. The number of carbonyl (C=O) groups is 2. The molecule has 2 unspecified atom stereocenters. The van der Waals surface area contributed by atoms with Gasteiger partial charge in [-0.1, -0.05) is 20.3 Å². The van der Waals surface area contributed by atoms with Crippen LogP contribution in [-0.2, 0) is 9.59 Å². The van der Waals surface area contributed by atoms with Crippen LogP contribution in [-0.4, -0.2) is 34.8 Å². The third-order valence-corrected chi connectivity index (χ3v) is 4.74. The van der Waals surface area contributed by atoms with Crippen LogP contribution >= 0.6 is 0 Å². The van der Waals surface area contributed by atoms with E-state index in [2.05, 4.69) is 19.2 Å². The lowest BCUT2D eigenvalue weighted by molar-refractivity contribution is -0.139. The number of hydrogen-bond acceptors (Lipinski definition) is 3. The van der Waals surface area contributed by atoms with Crippen molar-refractivity contribution in [1.29, 1.82) is 0 Å². The van der Waals surface area contributed by atoms with Crippen LogP contribution in [0.25, 0.3) is 0 Å². The second kappa shape index (κ2) is 4.58. The molecule has 3 aliphatic rings. The molecule has 0 aromatic heterocycles. The summed E-state index contributed by atoms with van der Waals surface area (Å²) in [4.78, 5) is 25.7. The summed E-state index contributed by atoms with van der Waals surface area (Å²) in [6.07, 6.45) is 7.08. The van der Waals surface area contributed by atoms with Crippen molar-refractivity contribution in [3.8, 4) is 0 Å². The van der Waals surface area contributed by atoms with Crippen molar-refractivity contribution in [2.45, 2.75) is 76.9 Å². The van der Waals surface area contributed by atoms with E-state index in [4.69, 9.17) is 0 Å². The number of carbonyl (C=O) groups excluding carboxylic acids is 2. The summed E-state index contributed by atoms with van der Waals surface area (Å²) in [5, 5.41) is 3.45.